The molecule has 3 nitrogen and oxygen atoms in total. The molecular formula is C14H22N2O. The molecule has 0 saturated carbocycles. The molecule has 1 aromatic rings. The molecule has 2 atom stereocenters. The first-order chi connectivity index (χ1) is 8.35. The van der Waals surface area contributed by atoms with Gasteiger partial charge in [0, 0.05) is 26.2 Å². The van der Waals surface area contributed by atoms with Crippen molar-refractivity contribution in [3.8, 4) is 0 Å². The van der Waals surface area contributed by atoms with Crippen LogP contribution in [0.15, 0.2) is 30.3 Å². The van der Waals surface area contributed by atoms with Gasteiger partial charge >= 0.3 is 0 Å². The number of ether oxygens (including phenoxy) is 1. The number of likely N-dealkylation sites (tertiary alicyclic amines) is 1. The lowest BCUT2D eigenvalue weighted by Crippen LogP contribution is -2.43. The van der Waals surface area contributed by atoms with Gasteiger partial charge in [-0.1, -0.05) is 30.3 Å². The molecule has 2 N–H and O–H groups in total. The molecule has 0 aromatic heterocycles. The van der Waals surface area contributed by atoms with Gasteiger partial charge in [0.25, 0.3) is 0 Å². The fourth-order valence-corrected chi connectivity index (χ4v) is 2.61. The van der Waals surface area contributed by atoms with Gasteiger partial charge < -0.3 is 10.5 Å². The second kappa shape index (κ2) is 6.15. The van der Waals surface area contributed by atoms with E-state index in [1.807, 2.05) is 6.07 Å². The summed E-state index contributed by atoms with van der Waals surface area (Å²) in [4.78, 5) is 2.45. The Labute approximate surface area is 104 Å². The van der Waals surface area contributed by atoms with Crippen molar-refractivity contribution in [3.05, 3.63) is 35.9 Å². The maximum Gasteiger partial charge on any atom is 0.0698 e. The van der Waals surface area contributed by atoms with Crippen molar-refractivity contribution < 1.29 is 4.74 Å². The molecule has 3 heteroatoms. The second-order valence-corrected chi connectivity index (χ2v) is 4.66. The topological polar surface area (TPSA) is 38.5 Å². The summed E-state index contributed by atoms with van der Waals surface area (Å²) < 4.78 is 5.47. The van der Waals surface area contributed by atoms with E-state index in [1.165, 1.54) is 18.4 Å². The second-order valence-electron chi connectivity index (χ2n) is 4.66. The van der Waals surface area contributed by atoms with Gasteiger partial charge in [0.2, 0.25) is 0 Å². The van der Waals surface area contributed by atoms with Crippen molar-refractivity contribution >= 4 is 0 Å². The molecular weight excluding hydrogens is 212 g/mol. The van der Waals surface area contributed by atoms with Gasteiger partial charge in [0.15, 0.2) is 0 Å². The molecule has 2 unspecified atom stereocenters. The van der Waals surface area contributed by atoms with E-state index >= 15 is 0 Å². The van der Waals surface area contributed by atoms with Crippen molar-refractivity contribution in [2.24, 2.45) is 5.73 Å². The first-order valence-electron chi connectivity index (χ1n) is 6.37. The minimum Gasteiger partial charge on any atom is -0.380 e. The number of methoxy groups -OCH3 is 1. The largest absolute Gasteiger partial charge is 0.380 e. The van der Waals surface area contributed by atoms with Gasteiger partial charge in [0.1, 0.15) is 0 Å². The van der Waals surface area contributed by atoms with Crippen molar-refractivity contribution in [2.75, 3.05) is 26.7 Å². The van der Waals surface area contributed by atoms with Crippen LogP contribution in [0.25, 0.3) is 0 Å². The van der Waals surface area contributed by atoms with E-state index in [9.17, 15) is 0 Å². The summed E-state index contributed by atoms with van der Waals surface area (Å²) in [5.74, 6) is 0. The van der Waals surface area contributed by atoms with Crippen LogP contribution in [0.2, 0.25) is 0 Å². The Morgan fingerprint density at radius 3 is 2.82 bits per heavy atom. The standard InChI is InChI=1S/C14H22N2O/c1-17-13-8-5-9-16(11-13)14(10-15)12-6-3-2-4-7-12/h2-4,6-7,13-14H,5,8-11,15H2,1H3. The number of rotatable bonds is 4. The molecule has 1 saturated heterocycles. The van der Waals surface area contributed by atoms with Gasteiger partial charge in [-0.3, -0.25) is 4.90 Å². The predicted octanol–water partition coefficient (Wildman–Crippen LogP) is 1.80. The van der Waals surface area contributed by atoms with Crippen molar-refractivity contribution in [1.29, 1.82) is 0 Å². The van der Waals surface area contributed by atoms with Crippen LogP contribution in [0.5, 0.6) is 0 Å². The van der Waals surface area contributed by atoms with Crippen molar-refractivity contribution in [1.82, 2.24) is 4.90 Å². The normalized spacial score (nSPS) is 23.5. The fraction of sp³-hybridized carbons (Fsp3) is 0.571. The van der Waals surface area contributed by atoms with E-state index in [-0.39, 0.29) is 0 Å². The summed E-state index contributed by atoms with van der Waals surface area (Å²) in [7, 11) is 1.80. The lowest BCUT2D eigenvalue weighted by molar-refractivity contribution is 0.0155. The third-order valence-electron chi connectivity index (χ3n) is 3.59. The molecule has 2 rings (SSSR count). The van der Waals surface area contributed by atoms with E-state index in [4.69, 9.17) is 10.5 Å². The van der Waals surface area contributed by atoms with Crippen molar-refractivity contribution in [3.63, 3.8) is 0 Å². The lowest BCUT2D eigenvalue weighted by atomic mass is 10.0. The number of nitrogens with zero attached hydrogens (tertiary/aromatic N) is 1. The molecule has 17 heavy (non-hydrogen) atoms. The van der Waals surface area contributed by atoms with Crippen LogP contribution in [0.1, 0.15) is 24.4 Å². The summed E-state index contributed by atoms with van der Waals surface area (Å²) in [6, 6.07) is 10.9. The average Bonchev–Trinajstić information content (AvgIpc) is 2.41. The Morgan fingerprint density at radius 1 is 1.41 bits per heavy atom. The average molecular weight is 234 g/mol. The third-order valence-corrected chi connectivity index (χ3v) is 3.59. The highest BCUT2D eigenvalue weighted by Crippen LogP contribution is 2.24. The number of hydrogen-bond donors (Lipinski definition) is 1. The highest BCUT2D eigenvalue weighted by Gasteiger charge is 2.25. The molecule has 0 aliphatic carbocycles. The maximum absolute atomic E-state index is 5.94. The van der Waals surface area contributed by atoms with Crippen LogP contribution in [-0.2, 0) is 4.74 Å². The van der Waals surface area contributed by atoms with Crippen LogP contribution in [0.3, 0.4) is 0 Å². The van der Waals surface area contributed by atoms with E-state index < -0.39 is 0 Å². The molecule has 0 bridgehead atoms. The summed E-state index contributed by atoms with van der Waals surface area (Å²) in [6.45, 7) is 2.78. The van der Waals surface area contributed by atoms with Gasteiger partial charge in [-0.15, -0.1) is 0 Å². The molecule has 1 aliphatic heterocycles. The number of nitrogens with two attached hydrogens (primary N) is 1. The first-order valence-corrected chi connectivity index (χ1v) is 6.37. The van der Waals surface area contributed by atoms with Crippen LogP contribution in [0.4, 0.5) is 0 Å². The molecule has 0 radical (unpaired) electrons. The Hall–Kier alpha value is -0.900. The first kappa shape index (κ1) is 12.6. The summed E-state index contributed by atoms with van der Waals surface area (Å²) >= 11 is 0. The van der Waals surface area contributed by atoms with Gasteiger partial charge in [-0.2, -0.15) is 0 Å². The smallest absolute Gasteiger partial charge is 0.0698 e. The number of benzene rings is 1. The third kappa shape index (κ3) is 3.06. The SMILES string of the molecule is COC1CCCN(C(CN)c2ccccc2)C1. The zero-order valence-electron chi connectivity index (χ0n) is 10.5. The molecule has 1 heterocycles. The van der Waals surface area contributed by atoms with Crippen LogP contribution in [-0.4, -0.2) is 37.7 Å². The Bertz CT molecular complexity index is 328. The zero-order valence-corrected chi connectivity index (χ0v) is 10.5. The summed E-state index contributed by atoms with van der Waals surface area (Å²) in [5.41, 5.74) is 7.25. The zero-order chi connectivity index (χ0) is 12.1. The summed E-state index contributed by atoms with van der Waals surface area (Å²) in [5, 5.41) is 0. The lowest BCUT2D eigenvalue weighted by Gasteiger charge is -2.37. The fourth-order valence-electron chi connectivity index (χ4n) is 2.61. The van der Waals surface area contributed by atoms with Crippen LogP contribution < -0.4 is 5.73 Å². The molecule has 1 aliphatic rings. The van der Waals surface area contributed by atoms with Gasteiger partial charge in [-0.05, 0) is 24.9 Å². The molecule has 0 spiro atoms. The minimum absolute atomic E-state index is 0.328. The van der Waals surface area contributed by atoms with Gasteiger partial charge in [-0.25, -0.2) is 0 Å². The van der Waals surface area contributed by atoms with Gasteiger partial charge in [0.05, 0.1) is 6.10 Å². The van der Waals surface area contributed by atoms with E-state index in [1.54, 1.807) is 7.11 Å². The van der Waals surface area contributed by atoms with Crippen LogP contribution >= 0.6 is 0 Å². The van der Waals surface area contributed by atoms with E-state index in [0.717, 1.165) is 13.1 Å². The van der Waals surface area contributed by atoms with E-state index in [2.05, 4.69) is 29.2 Å². The summed E-state index contributed by atoms with van der Waals surface area (Å²) in [6.07, 6.45) is 2.72. The highest BCUT2D eigenvalue weighted by atomic mass is 16.5. The van der Waals surface area contributed by atoms with Crippen molar-refractivity contribution in [2.45, 2.75) is 25.0 Å². The molecule has 94 valence electrons. The Balaban J connectivity index is 2.08. The molecule has 1 fully saturated rings. The Morgan fingerprint density at radius 2 is 2.18 bits per heavy atom. The number of piperidine rings is 1. The monoisotopic (exact) mass is 234 g/mol. The number of hydrogen-bond acceptors (Lipinski definition) is 3. The predicted molar refractivity (Wildman–Crippen MR) is 69.8 cm³/mol. The Kier molecular flexibility index (Phi) is 4.54. The highest BCUT2D eigenvalue weighted by molar-refractivity contribution is 5.19. The minimum atomic E-state index is 0.328. The quantitative estimate of drug-likeness (QED) is 0.863. The van der Waals surface area contributed by atoms with Crippen LogP contribution in [0, 0.1) is 0 Å². The molecule has 0 amide bonds. The molecule has 1 aromatic carbocycles. The van der Waals surface area contributed by atoms with E-state index in [0.29, 0.717) is 18.7 Å². The maximum atomic E-state index is 5.94.